The van der Waals surface area contributed by atoms with Crippen LogP contribution in [0.3, 0.4) is 0 Å². The molecule has 4 aromatic rings. The number of rotatable bonds is 8. The first-order valence-electron chi connectivity index (χ1n) is 13.2. The van der Waals surface area contributed by atoms with Gasteiger partial charge in [-0.2, -0.15) is 0 Å². The summed E-state index contributed by atoms with van der Waals surface area (Å²) >= 11 is 4.83. The van der Waals surface area contributed by atoms with Crippen molar-refractivity contribution in [1.29, 1.82) is 0 Å². The normalized spacial score (nSPS) is 14.9. The molecule has 0 saturated heterocycles. The first-order valence-corrected chi connectivity index (χ1v) is 14.8. The zero-order valence-electron chi connectivity index (χ0n) is 23.3. The fraction of sp³-hybridized carbons (Fsp3) is 0.219. The van der Waals surface area contributed by atoms with E-state index in [2.05, 4.69) is 20.9 Å². The van der Waals surface area contributed by atoms with Gasteiger partial charge in [-0.25, -0.2) is 9.79 Å². The van der Waals surface area contributed by atoms with E-state index >= 15 is 0 Å². The summed E-state index contributed by atoms with van der Waals surface area (Å²) in [4.78, 5) is 34.4. The molecule has 1 atom stereocenters. The monoisotopic (exact) mass is 631 g/mol. The van der Waals surface area contributed by atoms with E-state index in [-0.39, 0.29) is 12.2 Å². The van der Waals surface area contributed by atoms with Gasteiger partial charge in [-0.1, -0.05) is 69.7 Å². The molecule has 0 aliphatic carbocycles. The maximum absolute atomic E-state index is 14.0. The molecule has 1 aliphatic rings. The lowest BCUT2D eigenvalue weighted by atomic mass is 9.95. The maximum Gasteiger partial charge on any atom is 0.338 e. The van der Waals surface area contributed by atoms with Crippen LogP contribution in [-0.2, 0) is 16.1 Å². The molecular weight excluding hydrogens is 602 g/mol. The molecular formula is C32H30BrN3O4S. The number of nitrogens with zero attached hydrogens (tertiary/aromatic N) is 3. The Kier molecular flexibility index (Phi) is 8.56. The van der Waals surface area contributed by atoms with Crippen molar-refractivity contribution in [3.8, 4) is 5.75 Å². The van der Waals surface area contributed by atoms with Crippen LogP contribution in [0.5, 0.6) is 5.75 Å². The van der Waals surface area contributed by atoms with Gasteiger partial charge < -0.3 is 14.4 Å². The lowest BCUT2D eigenvalue weighted by molar-refractivity contribution is -0.139. The highest BCUT2D eigenvalue weighted by Gasteiger charge is 2.33. The Balaban J connectivity index is 1.63. The molecule has 210 valence electrons. The minimum absolute atomic E-state index is 0.223. The van der Waals surface area contributed by atoms with E-state index in [4.69, 9.17) is 9.47 Å². The van der Waals surface area contributed by atoms with Crippen LogP contribution in [0.4, 0.5) is 5.69 Å². The lowest BCUT2D eigenvalue weighted by Crippen LogP contribution is -2.40. The Bertz CT molecular complexity index is 1790. The van der Waals surface area contributed by atoms with E-state index < -0.39 is 12.0 Å². The largest absolute Gasteiger partial charge is 0.488 e. The van der Waals surface area contributed by atoms with Gasteiger partial charge in [-0.3, -0.25) is 9.36 Å². The van der Waals surface area contributed by atoms with Crippen LogP contribution in [0.2, 0.25) is 0 Å². The number of carbonyl (C=O) groups is 1. The lowest BCUT2D eigenvalue weighted by Gasteiger charge is -2.25. The fourth-order valence-electron chi connectivity index (χ4n) is 4.70. The van der Waals surface area contributed by atoms with Crippen molar-refractivity contribution in [1.82, 2.24) is 4.57 Å². The van der Waals surface area contributed by atoms with E-state index in [9.17, 15) is 9.59 Å². The van der Waals surface area contributed by atoms with Crippen molar-refractivity contribution in [2.45, 2.75) is 26.5 Å². The molecule has 5 rings (SSSR count). The van der Waals surface area contributed by atoms with E-state index in [1.54, 1.807) is 18.4 Å². The number of allylic oxidation sites excluding steroid dienone is 1. The molecule has 0 radical (unpaired) electrons. The molecule has 0 amide bonds. The van der Waals surface area contributed by atoms with Gasteiger partial charge in [-0.15, -0.1) is 0 Å². The minimum Gasteiger partial charge on any atom is -0.488 e. The van der Waals surface area contributed by atoms with Gasteiger partial charge in [0.1, 0.15) is 12.4 Å². The molecule has 0 unspecified atom stereocenters. The predicted octanol–water partition coefficient (Wildman–Crippen LogP) is 5.21. The molecule has 2 heterocycles. The van der Waals surface area contributed by atoms with Crippen LogP contribution in [0.15, 0.2) is 98.3 Å². The van der Waals surface area contributed by atoms with Crippen molar-refractivity contribution in [3.63, 3.8) is 0 Å². The van der Waals surface area contributed by atoms with Crippen molar-refractivity contribution in [2.75, 3.05) is 25.6 Å². The summed E-state index contributed by atoms with van der Waals surface area (Å²) < 4.78 is 14.5. The maximum atomic E-state index is 14.0. The third-order valence-corrected chi connectivity index (χ3v) is 8.21. The minimum atomic E-state index is -0.667. The van der Waals surface area contributed by atoms with Crippen molar-refractivity contribution in [3.05, 3.63) is 125 Å². The summed E-state index contributed by atoms with van der Waals surface area (Å²) in [5, 5.41) is 0. The zero-order chi connectivity index (χ0) is 29.1. The van der Waals surface area contributed by atoms with Crippen LogP contribution < -0.4 is 24.5 Å². The van der Waals surface area contributed by atoms with Gasteiger partial charge in [0.05, 0.1) is 28.5 Å². The van der Waals surface area contributed by atoms with Crippen molar-refractivity contribution < 1.29 is 14.3 Å². The number of ether oxygens (including phenoxy) is 2. The van der Waals surface area contributed by atoms with E-state index in [0.29, 0.717) is 33.0 Å². The third-order valence-electron chi connectivity index (χ3n) is 6.74. The topological polar surface area (TPSA) is 73.1 Å². The van der Waals surface area contributed by atoms with Gasteiger partial charge in [-0.05, 0) is 61.4 Å². The second kappa shape index (κ2) is 12.3. The quantitative estimate of drug-likeness (QED) is 0.250. The Morgan fingerprint density at radius 2 is 1.83 bits per heavy atom. The highest BCUT2D eigenvalue weighted by Crippen LogP contribution is 2.32. The second-order valence-corrected chi connectivity index (χ2v) is 11.7. The number of hydrogen-bond donors (Lipinski definition) is 0. The van der Waals surface area contributed by atoms with Crippen LogP contribution in [0, 0.1) is 0 Å². The van der Waals surface area contributed by atoms with Gasteiger partial charge in [0.15, 0.2) is 4.80 Å². The summed E-state index contributed by atoms with van der Waals surface area (Å²) in [5.74, 6) is 0.176. The van der Waals surface area contributed by atoms with Crippen LogP contribution in [-0.4, -0.2) is 31.2 Å². The molecule has 0 saturated carbocycles. The van der Waals surface area contributed by atoms with E-state index in [0.717, 1.165) is 26.9 Å². The Hall–Kier alpha value is -3.95. The van der Waals surface area contributed by atoms with Crippen molar-refractivity contribution in [2.24, 2.45) is 4.99 Å². The van der Waals surface area contributed by atoms with E-state index in [1.165, 1.54) is 11.3 Å². The highest BCUT2D eigenvalue weighted by atomic mass is 79.9. The average Bonchev–Trinajstić information content (AvgIpc) is 3.26. The molecule has 0 bridgehead atoms. The van der Waals surface area contributed by atoms with Gasteiger partial charge in [0, 0.05) is 29.8 Å². The SMILES string of the molecule is CCOC(=O)C1=C(C)N=c2s/c(=C/c3cc(Br)ccc3OCc3ccccc3)c(=O)n2[C@@H]1c1ccc(N(C)C)cc1. The van der Waals surface area contributed by atoms with Gasteiger partial charge in [0.25, 0.3) is 5.56 Å². The first kappa shape index (κ1) is 28.6. The number of aromatic nitrogens is 1. The fourth-order valence-corrected chi connectivity index (χ4v) is 6.12. The second-order valence-electron chi connectivity index (χ2n) is 9.74. The molecule has 0 spiro atoms. The summed E-state index contributed by atoms with van der Waals surface area (Å²) in [6.45, 7) is 4.17. The third kappa shape index (κ3) is 6.06. The Labute approximate surface area is 250 Å². The molecule has 1 aliphatic heterocycles. The smallest absolute Gasteiger partial charge is 0.338 e. The van der Waals surface area contributed by atoms with Crippen LogP contribution >= 0.6 is 27.3 Å². The Morgan fingerprint density at radius 3 is 2.51 bits per heavy atom. The molecule has 3 aromatic carbocycles. The first-order chi connectivity index (χ1) is 19.8. The number of carbonyl (C=O) groups excluding carboxylic acids is 1. The van der Waals surface area contributed by atoms with Crippen molar-refractivity contribution >= 4 is 45.0 Å². The number of hydrogen-bond acceptors (Lipinski definition) is 7. The molecule has 1 aromatic heterocycles. The highest BCUT2D eigenvalue weighted by molar-refractivity contribution is 9.10. The van der Waals surface area contributed by atoms with Gasteiger partial charge in [0.2, 0.25) is 0 Å². The number of fused-ring (bicyclic) bond motifs is 1. The number of thiazole rings is 1. The molecule has 0 N–H and O–H groups in total. The number of anilines is 1. The molecule has 9 heteroatoms. The average molecular weight is 633 g/mol. The predicted molar refractivity (Wildman–Crippen MR) is 166 cm³/mol. The van der Waals surface area contributed by atoms with Crippen LogP contribution in [0.1, 0.15) is 36.6 Å². The number of benzene rings is 3. The van der Waals surface area contributed by atoms with E-state index in [1.807, 2.05) is 97.9 Å². The standard InChI is InChI=1S/C32H30BrN3O4S/c1-5-39-31(38)28-20(2)34-32-36(29(28)22-11-14-25(15-12-22)35(3)4)30(37)27(41-32)18-23-17-24(33)13-16-26(23)40-19-21-9-7-6-8-10-21/h6-18,29H,5,19H2,1-4H3/b27-18+/t29-/m1/s1. The number of halogens is 1. The van der Waals surface area contributed by atoms with Gasteiger partial charge >= 0.3 is 5.97 Å². The summed E-state index contributed by atoms with van der Waals surface area (Å²) in [5.41, 5.74) is 4.27. The Morgan fingerprint density at radius 1 is 1.10 bits per heavy atom. The molecule has 0 fully saturated rings. The summed E-state index contributed by atoms with van der Waals surface area (Å²) in [7, 11) is 3.93. The summed E-state index contributed by atoms with van der Waals surface area (Å²) in [6.07, 6.45) is 1.82. The summed E-state index contributed by atoms with van der Waals surface area (Å²) in [6, 6.07) is 22.8. The zero-order valence-corrected chi connectivity index (χ0v) is 25.7. The molecule has 41 heavy (non-hydrogen) atoms. The number of esters is 1. The molecule has 7 nitrogen and oxygen atoms in total. The van der Waals surface area contributed by atoms with Crippen LogP contribution in [0.25, 0.3) is 6.08 Å².